The van der Waals surface area contributed by atoms with E-state index in [4.69, 9.17) is 18.9 Å². The second-order valence-corrected chi connectivity index (χ2v) is 8.48. The lowest BCUT2D eigenvalue weighted by atomic mass is 10.1. The predicted octanol–water partition coefficient (Wildman–Crippen LogP) is 5.38. The van der Waals surface area contributed by atoms with Crippen LogP contribution in [0.4, 0.5) is 0 Å². The predicted molar refractivity (Wildman–Crippen MR) is 133 cm³/mol. The van der Waals surface area contributed by atoms with Crippen molar-refractivity contribution in [3.05, 3.63) is 24.3 Å². The summed E-state index contributed by atoms with van der Waals surface area (Å²) in [7, 11) is 0. The second kappa shape index (κ2) is 23.1. The molecular formula is C27H44O8. The van der Waals surface area contributed by atoms with Crippen LogP contribution in [-0.2, 0) is 38.1 Å². The minimum Gasteiger partial charge on any atom is -0.466 e. The summed E-state index contributed by atoms with van der Waals surface area (Å²) in [6, 6.07) is 0. The van der Waals surface area contributed by atoms with Crippen LogP contribution in [0.1, 0.15) is 97.8 Å². The maximum absolute atomic E-state index is 11.8. The molecule has 0 heterocycles. The first kappa shape index (κ1) is 32.4. The first-order chi connectivity index (χ1) is 16.8. The van der Waals surface area contributed by atoms with E-state index in [9.17, 15) is 19.2 Å². The van der Waals surface area contributed by atoms with Crippen LogP contribution < -0.4 is 0 Å². The van der Waals surface area contributed by atoms with Crippen molar-refractivity contribution in [1.82, 2.24) is 0 Å². The molecule has 0 aliphatic carbocycles. The Kier molecular flexibility index (Phi) is 21.4. The van der Waals surface area contributed by atoms with Crippen LogP contribution in [0.25, 0.3) is 0 Å². The fraction of sp³-hybridized carbons (Fsp3) is 0.704. The van der Waals surface area contributed by atoms with Gasteiger partial charge in [0.05, 0.1) is 13.2 Å². The van der Waals surface area contributed by atoms with E-state index in [0.29, 0.717) is 13.2 Å². The summed E-state index contributed by atoms with van der Waals surface area (Å²) in [5.41, 5.74) is 0. The molecule has 0 fully saturated rings. The third kappa shape index (κ3) is 25.8. The van der Waals surface area contributed by atoms with E-state index in [1.165, 1.54) is 26.0 Å². The van der Waals surface area contributed by atoms with E-state index in [-0.39, 0.29) is 18.5 Å². The molecule has 0 spiro atoms. The Morgan fingerprint density at radius 3 is 1.51 bits per heavy atom. The molecule has 0 bridgehead atoms. The lowest BCUT2D eigenvalue weighted by molar-refractivity contribution is -0.151. The Hall–Kier alpha value is -2.64. The highest BCUT2D eigenvalue weighted by atomic mass is 16.6. The third-order valence-electron chi connectivity index (χ3n) is 4.93. The fourth-order valence-corrected chi connectivity index (χ4v) is 3.10. The lowest BCUT2D eigenvalue weighted by Crippen LogP contribution is -2.20. The van der Waals surface area contributed by atoms with Crippen LogP contribution in [0.3, 0.4) is 0 Å². The zero-order valence-electron chi connectivity index (χ0n) is 21.8. The molecular weight excluding hydrogens is 452 g/mol. The smallest absolute Gasteiger partial charge is 0.330 e. The highest BCUT2D eigenvalue weighted by Gasteiger charge is 2.09. The number of ether oxygens (including phenoxy) is 4. The van der Waals surface area contributed by atoms with Gasteiger partial charge in [-0.1, -0.05) is 50.7 Å². The molecule has 0 aromatic rings. The Morgan fingerprint density at radius 2 is 1.03 bits per heavy atom. The average Bonchev–Trinajstić information content (AvgIpc) is 2.79. The molecule has 0 N–H and O–H groups in total. The van der Waals surface area contributed by atoms with Gasteiger partial charge in [0.15, 0.2) is 0 Å². The summed E-state index contributed by atoms with van der Waals surface area (Å²) in [4.78, 5) is 44.9. The highest BCUT2D eigenvalue weighted by molar-refractivity contribution is 5.82. The summed E-state index contributed by atoms with van der Waals surface area (Å²) in [6.45, 7) is 5.47. The van der Waals surface area contributed by atoms with Crippen LogP contribution in [0, 0.1) is 0 Å². The molecule has 0 saturated carbocycles. The van der Waals surface area contributed by atoms with Gasteiger partial charge in [-0.2, -0.15) is 0 Å². The van der Waals surface area contributed by atoms with Gasteiger partial charge in [-0.05, 0) is 45.4 Å². The van der Waals surface area contributed by atoms with Gasteiger partial charge in [0.1, 0.15) is 12.7 Å². The Morgan fingerprint density at radius 1 is 0.600 bits per heavy atom. The third-order valence-corrected chi connectivity index (χ3v) is 4.93. The SMILES string of the molecule is CC(=O)OCCCCCCC/C=C/C(=O)OCC(C)OC(=O)/C=C/CCCCCCCOC(C)=O. The molecule has 0 saturated heterocycles. The molecule has 1 atom stereocenters. The summed E-state index contributed by atoms with van der Waals surface area (Å²) >= 11 is 0. The van der Waals surface area contributed by atoms with Crippen LogP contribution in [-0.4, -0.2) is 49.8 Å². The standard InChI is InChI=1S/C27H44O8/c1-23(35-27(31)19-15-11-7-5-9-13-17-21-33-25(3)29)22-34-26(30)18-14-10-6-4-8-12-16-20-32-24(2)28/h14-15,18-19,23H,4-13,16-17,20-22H2,1-3H3/b18-14+,19-15+. The van der Waals surface area contributed by atoms with Crippen LogP contribution in [0.2, 0.25) is 0 Å². The van der Waals surface area contributed by atoms with Gasteiger partial charge in [-0.25, -0.2) is 9.59 Å². The Bertz CT molecular complexity index is 654. The van der Waals surface area contributed by atoms with Crippen molar-refractivity contribution in [2.45, 2.75) is 104 Å². The van der Waals surface area contributed by atoms with E-state index in [1.54, 1.807) is 19.1 Å². The van der Waals surface area contributed by atoms with Gasteiger partial charge in [0.2, 0.25) is 0 Å². The van der Waals surface area contributed by atoms with E-state index in [0.717, 1.165) is 77.0 Å². The van der Waals surface area contributed by atoms with Gasteiger partial charge >= 0.3 is 23.9 Å². The van der Waals surface area contributed by atoms with E-state index in [1.807, 2.05) is 0 Å². The normalized spacial score (nSPS) is 12.0. The Balaban J connectivity index is 3.64. The molecule has 0 aromatic carbocycles. The minimum absolute atomic E-state index is 0.0123. The number of unbranched alkanes of at least 4 members (excludes halogenated alkanes) is 10. The van der Waals surface area contributed by atoms with Crippen molar-refractivity contribution in [3.63, 3.8) is 0 Å². The highest BCUT2D eigenvalue weighted by Crippen LogP contribution is 2.07. The number of rotatable bonds is 21. The number of allylic oxidation sites excluding steroid dienone is 2. The molecule has 0 radical (unpaired) electrons. The molecule has 200 valence electrons. The van der Waals surface area contributed by atoms with Crippen molar-refractivity contribution in [1.29, 1.82) is 0 Å². The number of esters is 4. The quantitative estimate of drug-likeness (QED) is 0.0902. The van der Waals surface area contributed by atoms with Gasteiger partial charge in [-0.15, -0.1) is 0 Å². The largest absolute Gasteiger partial charge is 0.466 e. The molecule has 0 aromatic heterocycles. The van der Waals surface area contributed by atoms with Crippen molar-refractivity contribution in [2.75, 3.05) is 19.8 Å². The molecule has 35 heavy (non-hydrogen) atoms. The topological polar surface area (TPSA) is 105 Å². The van der Waals surface area contributed by atoms with Crippen LogP contribution in [0.5, 0.6) is 0 Å². The zero-order valence-corrected chi connectivity index (χ0v) is 21.8. The molecule has 0 rings (SSSR count). The second-order valence-electron chi connectivity index (χ2n) is 8.48. The number of hydrogen-bond donors (Lipinski definition) is 0. The number of carbonyl (C=O) groups is 4. The molecule has 0 aliphatic heterocycles. The van der Waals surface area contributed by atoms with Crippen molar-refractivity contribution in [3.8, 4) is 0 Å². The van der Waals surface area contributed by atoms with Gasteiger partial charge < -0.3 is 18.9 Å². The van der Waals surface area contributed by atoms with E-state index < -0.39 is 18.0 Å². The summed E-state index contributed by atoms with van der Waals surface area (Å²) in [6.07, 6.45) is 17.5. The van der Waals surface area contributed by atoms with Crippen LogP contribution in [0.15, 0.2) is 24.3 Å². The molecule has 0 aliphatic rings. The first-order valence-corrected chi connectivity index (χ1v) is 12.8. The summed E-state index contributed by atoms with van der Waals surface area (Å²) < 4.78 is 20.1. The minimum atomic E-state index is -0.520. The van der Waals surface area contributed by atoms with E-state index in [2.05, 4.69) is 0 Å². The maximum atomic E-state index is 11.8. The van der Waals surface area contributed by atoms with Crippen LogP contribution >= 0.6 is 0 Å². The van der Waals surface area contributed by atoms with Crippen molar-refractivity contribution < 1.29 is 38.1 Å². The van der Waals surface area contributed by atoms with Crippen molar-refractivity contribution >= 4 is 23.9 Å². The zero-order chi connectivity index (χ0) is 26.2. The monoisotopic (exact) mass is 496 g/mol. The average molecular weight is 497 g/mol. The molecule has 8 nitrogen and oxygen atoms in total. The summed E-state index contributed by atoms with van der Waals surface area (Å²) in [5.74, 6) is -1.37. The molecule has 1 unspecified atom stereocenters. The van der Waals surface area contributed by atoms with E-state index >= 15 is 0 Å². The Labute approximate surface area is 210 Å². The number of hydrogen-bond acceptors (Lipinski definition) is 8. The van der Waals surface area contributed by atoms with Gasteiger partial charge in [0, 0.05) is 26.0 Å². The fourth-order valence-electron chi connectivity index (χ4n) is 3.10. The van der Waals surface area contributed by atoms with Gasteiger partial charge in [0.25, 0.3) is 0 Å². The maximum Gasteiger partial charge on any atom is 0.330 e. The first-order valence-electron chi connectivity index (χ1n) is 12.8. The molecule has 0 amide bonds. The summed E-state index contributed by atoms with van der Waals surface area (Å²) in [5, 5.41) is 0. The number of carbonyl (C=O) groups excluding carboxylic acids is 4. The lowest BCUT2D eigenvalue weighted by Gasteiger charge is -2.11. The van der Waals surface area contributed by atoms with Crippen molar-refractivity contribution in [2.24, 2.45) is 0 Å². The molecule has 8 heteroatoms. The van der Waals surface area contributed by atoms with Gasteiger partial charge in [-0.3, -0.25) is 9.59 Å².